The third kappa shape index (κ3) is 5.09. The van der Waals surface area contributed by atoms with Crippen LogP contribution in [-0.4, -0.2) is 17.4 Å². The Bertz CT molecular complexity index is 412. The highest BCUT2D eigenvalue weighted by atomic mass is 32.1. The average molecular weight is 271 g/mol. The van der Waals surface area contributed by atoms with Crippen LogP contribution in [0.1, 0.15) is 19.3 Å². The molecule has 19 heavy (non-hydrogen) atoms. The Morgan fingerprint density at radius 3 is 1.37 bits per heavy atom. The maximum absolute atomic E-state index is 4.19. The minimum Gasteiger partial charge on any atom is -0.253 e. The van der Waals surface area contributed by atoms with Crippen LogP contribution < -0.4 is 0 Å². The van der Waals surface area contributed by atoms with Crippen LogP contribution in [0.3, 0.4) is 0 Å². The van der Waals surface area contributed by atoms with Gasteiger partial charge in [-0.25, -0.2) is 0 Å². The molecule has 0 aliphatic carbocycles. The van der Waals surface area contributed by atoms with E-state index in [2.05, 4.69) is 65.7 Å². The van der Waals surface area contributed by atoms with Crippen LogP contribution in [0.5, 0.6) is 0 Å². The van der Waals surface area contributed by atoms with E-state index >= 15 is 0 Å². The number of nitrogens with zero attached hydrogens (tertiary/aromatic N) is 1. The second-order valence-corrected chi connectivity index (χ2v) is 5.31. The van der Waals surface area contributed by atoms with E-state index in [9.17, 15) is 0 Å². The van der Waals surface area contributed by atoms with Gasteiger partial charge in [0, 0.05) is 13.1 Å². The fourth-order valence-electron chi connectivity index (χ4n) is 2.14. The summed E-state index contributed by atoms with van der Waals surface area (Å²) < 4.78 is 2.09. The van der Waals surface area contributed by atoms with Crippen molar-refractivity contribution >= 4 is 12.8 Å². The molecule has 0 N–H and O–H groups in total. The molecule has 0 aromatic heterocycles. The Labute approximate surface area is 121 Å². The van der Waals surface area contributed by atoms with Gasteiger partial charge >= 0.3 is 0 Å². The van der Waals surface area contributed by atoms with Crippen molar-refractivity contribution in [3.05, 3.63) is 60.7 Å². The molecule has 100 valence electrons. The van der Waals surface area contributed by atoms with Crippen molar-refractivity contribution in [1.82, 2.24) is 4.31 Å². The Balaban J connectivity index is 0.000000163. The molecule has 1 aliphatic rings. The first-order valence-corrected chi connectivity index (χ1v) is 7.30. The van der Waals surface area contributed by atoms with Crippen LogP contribution in [0.2, 0.25) is 0 Å². The van der Waals surface area contributed by atoms with Gasteiger partial charge in [0.1, 0.15) is 0 Å². The monoisotopic (exact) mass is 271 g/mol. The van der Waals surface area contributed by atoms with Gasteiger partial charge in [-0.1, -0.05) is 79.9 Å². The Morgan fingerprint density at radius 2 is 1.05 bits per heavy atom. The number of hydrogen-bond acceptors (Lipinski definition) is 2. The predicted octanol–water partition coefficient (Wildman–Crippen LogP) is 4.67. The normalized spacial score (nSPS) is 15.4. The van der Waals surface area contributed by atoms with Gasteiger partial charge in [0.2, 0.25) is 0 Å². The van der Waals surface area contributed by atoms with E-state index < -0.39 is 0 Å². The molecule has 2 aromatic rings. The molecule has 2 heteroatoms. The number of benzene rings is 2. The van der Waals surface area contributed by atoms with Crippen LogP contribution in [0.4, 0.5) is 0 Å². The molecule has 0 unspecified atom stereocenters. The molecule has 0 bridgehead atoms. The minimum absolute atomic E-state index is 1.18. The molecule has 0 amide bonds. The number of rotatable bonds is 1. The second-order valence-electron chi connectivity index (χ2n) is 4.75. The quantitative estimate of drug-likeness (QED) is 0.738. The summed E-state index contributed by atoms with van der Waals surface area (Å²) >= 11 is 4.19. The van der Waals surface area contributed by atoms with E-state index in [1.54, 1.807) is 0 Å². The molecule has 1 saturated heterocycles. The number of hydrogen-bond donors (Lipinski definition) is 1. The van der Waals surface area contributed by atoms with Gasteiger partial charge in [-0.2, -0.15) is 0 Å². The summed E-state index contributed by atoms with van der Waals surface area (Å²) in [5, 5.41) is 0. The van der Waals surface area contributed by atoms with Crippen molar-refractivity contribution in [2.75, 3.05) is 13.1 Å². The third-order valence-corrected chi connectivity index (χ3v) is 3.61. The standard InChI is InChI=1S/C12H10.C5H11NS/c1-3-7-11(8-4-1)12-9-5-2-6-10-12;7-6-4-2-1-3-5-6/h1-10H;7H,1-5H2. The molecule has 1 nitrogen and oxygen atoms in total. The van der Waals surface area contributed by atoms with E-state index in [1.807, 2.05) is 12.1 Å². The molecular weight excluding hydrogens is 250 g/mol. The van der Waals surface area contributed by atoms with Crippen molar-refractivity contribution in [2.24, 2.45) is 0 Å². The van der Waals surface area contributed by atoms with Crippen molar-refractivity contribution in [2.45, 2.75) is 19.3 Å². The maximum Gasteiger partial charge on any atom is 0.00869 e. The summed E-state index contributed by atoms with van der Waals surface area (Å²) in [6, 6.07) is 20.8. The van der Waals surface area contributed by atoms with Crippen molar-refractivity contribution < 1.29 is 0 Å². The lowest BCUT2D eigenvalue weighted by Gasteiger charge is -2.19. The number of thiol groups is 1. The third-order valence-electron chi connectivity index (χ3n) is 3.21. The average Bonchev–Trinajstić information content (AvgIpc) is 2.51. The lowest BCUT2D eigenvalue weighted by Crippen LogP contribution is -2.19. The second kappa shape index (κ2) is 8.03. The highest BCUT2D eigenvalue weighted by Gasteiger charge is 2.03. The summed E-state index contributed by atoms with van der Waals surface area (Å²) in [4.78, 5) is 0. The molecule has 2 aromatic carbocycles. The first kappa shape index (κ1) is 14.2. The van der Waals surface area contributed by atoms with E-state index in [1.165, 1.54) is 43.5 Å². The van der Waals surface area contributed by atoms with Crippen LogP contribution in [0.15, 0.2) is 60.7 Å². The molecule has 1 fully saturated rings. The topological polar surface area (TPSA) is 3.24 Å². The summed E-state index contributed by atoms with van der Waals surface area (Å²) in [5.41, 5.74) is 2.55. The van der Waals surface area contributed by atoms with E-state index in [4.69, 9.17) is 0 Å². The van der Waals surface area contributed by atoms with Gasteiger partial charge in [-0.3, -0.25) is 4.31 Å². The van der Waals surface area contributed by atoms with Gasteiger partial charge in [0.25, 0.3) is 0 Å². The molecule has 1 heterocycles. The van der Waals surface area contributed by atoms with Gasteiger partial charge in [-0.05, 0) is 24.0 Å². The summed E-state index contributed by atoms with van der Waals surface area (Å²) in [5.74, 6) is 0. The first-order valence-electron chi connectivity index (χ1n) is 6.90. The minimum atomic E-state index is 1.18. The Kier molecular flexibility index (Phi) is 5.99. The van der Waals surface area contributed by atoms with Crippen LogP contribution in [0, 0.1) is 0 Å². The molecule has 3 rings (SSSR count). The molecular formula is C17H21NS. The first-order chi connectivity index (χ1) is 9.36. The van der Waals surface area contributed by atoms with Gasteiger partial charge < -0.3 is 0 Å². The number of piperidine rings is 1. The van der Waals surface area contributed by atoms with Gasteiger partial charge in [0.15, 0.2) is 0 Å². The maximum atomic E-state index is 4.19. The smallest absolute Gasteiger partial charge is 0.00869 e. The van der Waals surface area contributed by atoms with Crippen molar-refractivity contribution in [3.63, 3.8) is 0 Å². The lowest BCUT2D eigenvalue weighted by atomic mass is 10.1. The zero-order valence-corrected chi connectivity index (χ0v) is 12.1. The molecule has 1 aliphatic heterocycles. The van der Waals surface area contributed by atoms with Gasteiger partial charge in [-0.15, -0.1) is 0 Å². The fourth-order valence-corrected chi connectivity index (χ4v) is 2.42. The molecule has 0 atom stereocenters. The SMILES string of the molecule is SN1CCCCC1.c1ccc(-c2ccccc2)cc1. The fraction of sp³-hybridized carbons (Fsp3) is 0.294. The summed E-state index contributed by atoms with van der Waals surface area (Å²) in [7, 11) is 0. The van der Waals surface area contributed by atoms with E-state index in [0.717, 1.165) is 0 Å². The van der Waals surface area contributed by atoms with E-state index in [0.29, 0.717) is 0 Å². The predicted molar refractivity (Wildman–Crippen MR) is 86.3 cm³/mol. The zero-order chi connectivity index (χ0) is 13.3. The van der Waals surface area contributed by atoms with Crippen LogP contribution in [0.25, 0.3) is 11.1 Å². The highest BCUT2D eigenvalue weighted by Crippen LogP contribution is 2.17. The van der Waals surface area contributed by atoms with E-state index in [-0.39, 0.29) is 0 Å². The Morgan fingerprint density at radius 1 is 0.632 bits per heavy atom. The molecule has 0 saturated carbocycles. The molecule has 0 radical (unpaired) electrons. The summed E-state index contributed by atoms with van der Waals surface area (Å²) in [6.07, 6.45) is 4.07. The van der Waals surface area contributed by atoms with Gasteiger partial charge in [0.05, 0.1) is 0 Å². The van der Waals surface area contributed by atoms with Crippen molar-refractivity contribution in [3.8, 4) is 11.1 Å². The lowest BCUT2D eigenvalue weighted by molar-refractivity contribution is 0.385. The molecule has 0 spiro atoms. The van der Waals surface area contributed by atoms with Crippen molar-refractivity contribution in [1.29, 1.82) is 0 Å². The zero-order valence-electron chi connectivity index (χ0n) is 11.2. The highest BCUT2D eigenvalue weighted by molar-refractivity contribution is 7.77. The summed E-state index contributed by atoms with van der Waals surface area (Å²) in [6.45, 7) is 2.37. The largest absolute Gasteiger partial charge is 0.253 e. The van der Waals surface area contributed by atoms with Crippen LogP contribution in [-0.2, 0) is 0 Å². The van der Waals surface area contributed by atoms with Crippen LogP contribution >= 0.6 is 12.8 Å². The Hall–Kier alpha value is -1.25.